The molecule has 1 rings (SSSR count). The average molecular weight is 281 g/mol. The summed E-state index contributed by atoms with van der Waals surface area (Å²) in [5.74, 6) is 0.328. The number of hydrogen-bond donors (Lipinski definition) is 1. The van der Waals surface area contributed by atoms with E-state index < -0.39 is 0 Å². The summed E-state index contributed by atoms with van der Waals surface area (Å²) >= 11 is 0. The highest BCUT2D eigenvalue weighted by atomic mass is 16.6. The van der Waals surface area contributed by atoms with Crippen molar-refractivity contribution in [2.45, 2.75) is 19.8 Å². The second-order valence-electron chi connectivity index (χ2n) is 4.84. The van der Waals surface area contributed by atoms with E-state index in [0.29, 0.717) is 24.6 Å². The molecule has 0 aliphatic carbocycles. The van der Waals surface area contributed by atoms with Gasteiger partial charge >= 0.3 is 5.69 Å². The molecule has 20 heavy (non-hydrogen) atoms. The van der Waals surface area contributed by atoms with Gasteiger partial charge in [-0.05, 0) is 45.6 Å². The van der Waals surface area contributed by atoms with Crippen LogP contribution in [-0.2, 0) is 0 Å². The molecule has 6 heteroatoms. The van der Waals surface area contributed by atoms with Gasteiger partial charge in [-0.15, -0.1) is 0 Å². The van der Waals surface area contributed by atoms with Crippen molar-refractivity contribution in [2.24, 2.45) is 0 Å². The van der Waals surface area contributed by atoms with Crippen molar-refractivity contribution in [3.63, 3.8) is 0 Å². The van der Waals surface area contributed by atoms with Crippen LogP contribution in [0.1, 0.15) is 19.8 Å². The quantitative estimate of drug-likeness (QED) is 0.428. The number of nitrogens with zero attached hydrogens (tertiary/aromatic N) is 2. The third-order valence-electron chi connectivity index (χ3n) is 2.74. The summed E-state index contributed by atoms with van der Waals surface area (Å²) in [4.78, 5) is 12.9. The van der Waals surface area contributed by atoms with Crippen LogP contribution in [0.15, 0.2) is 18.2 Å². The summed E-state index contributed by atoms with van der Waals surface area (Å²) in [5, 5.41) is 14.3. The van der Waals surface area contributed by atoms with Crippen LogP contribution in [0, 0.1) is 10.1 Å². The van der Waals surface area contributed by atoms with E-state index in [4.69, 9.17) is 4.74 Å². The van der Waals surface area contributed by atoms with Gasteiger partial charge in [0.15, 0.2) is 5.75 Å². The molecule has 6 nitrogen and oxygen atoms in total. The van der Waals surface area contributed by atoms with E-state index in [-0.39, 0.29) is 10.6 Å². The molecular weight excluding hydrogens is 258 g/mol. The minimum Gasteiger partial charge on any atom is -0.487 e. The third kappa shape index (κ3) is 5.05. The highest BCUT2D eigenvalue weighted by molar-refractivity contribution is 5.68. The van der Waals surface area contributed by atoms with E-state index in [9.17, 15) is 10.1 Å². The van der Waals surface area contributed by atoms with Gasteiger partial charge in [-0.1, -0.05) is 13.0 Å². The Morgan fingerprint density at radius 3 is 2.75 bits per heavy atom. The molecule has 1 aromatic rings. The molecule has 0 unspecified atom stereocenters. The Labute approximate surface area is 119 Å². The van der Waals surface area contributed by atoms with Crippen molar-refractivity contribution < 1.29 is 9.66 Å². The maximum absolute atomic E-state index is 11.2. The predicted molar refractivity (Wildman–Crippen MR) is 80.5 cm³/mol. The first-order valence-corrected chi connectivity index (χ1v) is 6.85. The molecule has 112 valence electrons. The van der Waals surface area contributed by atoms with Crippen LogP contribution in [-0.4, -0.2) is 43.6 Å². The molecule has 0 bridgehead atoms. The number of nitro groups is 1. The molecular formula is C14H23N3O3. The molecule has 0 spiro atoms. The molecule has 1 aromatic carbocycles. The Bertz CT molecular complexity index is 436. The minimum absolute atomic E-state index is 0.0193. The van der Waals surface area contributed by atoms with Gasteiger partial charge in [-0.25, -0.2) is 0 Å². The highest BCUT2D eigenvalue weighted by Gasteiger charge is 2.20. The first-order valence-electron chi connectivity index (χ1n) is 6.85. The number of nitrogens with one attached hydrogen (secondary N) is 1. The summed E-state index contributed by atoms with van der Waals surface area (Å²) in [6.45, 7) is 4.07. The zero-order chi connectivity index (χ0) is 15.0. The van der Waals surface area contributed by atoms with E-state index in [1.807, 2.05) is 21.0 Å². The predicted octanol–water partition coefficient (Wildman–Crippen LogP) is 2.75. The number of rotatable bonds is 9. The van der Waals surface area contributed by atoms with E-state index >= 15 is 0 Å². The lowest BCUT2D eigenvalue weighted by molar-refractivity contribution is -0.385. The topological polar surface area (TPSA) is 67.6 Å². The standard InChI is InChI=1S/C14H23N3O3/c1-4-11-20-13-8-5-7-12(14(13)17(18)19)15-9-6-10-16(2)3/h5,7-8,15H,4,6,9-11H2,1-3H3. The van der Waals surface area contributed by atoms with Crippen LogP contribution in [0.4, 0.5) is 11.4 Å². The number of ether oxygens (including phenoxy) is 1. The smallest absolute Gasteiger partial charge is 0.333 e. The first kappa shape index (κ1) is 16.2. The monoisotopic (exact) mass is 281 g/mol. The molecule has 1 N–H and O–H groups in total. The van der Waals surface area contributed by atoms with Crippen molar-refractivity contribution in [3.05, 3.63) is 28.3 Å². The minimum atomic E-state index is -0.390. The SMILES string of the molecule is CCCOc1cccc(NCCCN(C)C)c1[N+](=O)[O-]. The van der Waals surface area contributed by atoms with Crippen molar-refractivity contribution in [3.8, 4) is 5.75 Å². The molecule has 0 saturated carbocycles. The Morgan fingerprint density at radius 2 is 2.15 bits per heavy atom. The van der Waals surface area contributed by atoms with E-state index in [1.165, 1.54) is 0 Å². The van der Waals surface area contributed by atoms with Gasteiger partial charge in [0.1, 0.15) is 5.69 Å². The van der Waals surface area contributed by atoms with Crippen LogP contribution in [0.25, 0.3) is 0 Å². The van der Waals surface area contributed by atoms with Gasteiger partial charge in [-0.2, -0.15) is 0 Å². The summed E-state index contributed by atoms with van der Waals surface area (Å²) in [7, 11) is 4.00. The number of benzene rings is 1. The Hall–Kier alpha value is -1.82. The van der Waals surface area contributed by atoms with Gasteiger partial charge in [0.25, 0.3) is 0 Å². The lowest BCUT2D eigenvalue weighted by Gasteiger charge is -2.12. The molecule has 0 amide bonds. The molecule has 0 aliphatic rings. The first-order chi connectivity index (χ1) is 9.56. The lowest BCUT2D eigenvalue weighted by Crippen LogP contribution is -2.16. The third-order valence-corrected chi connectivity index (χ3v) is 2.74. The van der Waals surface area contributed by atoms with Gasteiger partial charge < -0.3 is 15.0 Å². The van der Waals surface area contributed by atoms with Crippen molar-refractivity contribution in [1.29, 1.82) is 0 Å². The lowest BCUT2D eigenvalue weighted by atomic mass is 10.2. The maximum Gasteiger partial charge on any atom is 0.333 e. The molecule has 0 saturated heterocycles. The summed E-state index contributed by atoms with van der Waals surface area (Å²) in [5.41, 5.74) is 0.535. The summed E-state index contributed by atoms with van der Waals surface area (Å²) < 4.78 is 5.44. The van der Waals surface area contributed by atoms with E-state index in [0.717, 1.165) is 19.4 Å². The van der Waals surface area contributed by atoms with Crippen molar-refractivity contribution in [2.75, 3.05) is 39.1 Å². The Morgan fingerprint density at radius 1 is 1.40 bits per heavy atom. The summed E-state index contributed by atoms with van der Waals surface area (Å²) in [6, 6.07) is 5.12. The fraction of sp³-hybridized carbons (Fsp3) is 0.571. The van der Waals surface area contributed by atoms with Gasteiger partial charge in [0.2, 0.25) is 0 Å². The van der Waals surface area contributed by atoms with Crippen LogP contribution in [0.2, 0.25) is 0 Å². The molecule has 0 radical (unpaired) electrons. The largest absolute Gasteiger partial charge is 0.487 e. The van der Waals surface area contributed by atoms with Gasteiger partial charge in [0.05, 0.1) is 11.5 Å². The second-order valence-corrected chi connectivity index (χ2v) is 4.84. The van der Waals surface area contributed by atoms with Crippen LogP contribution in [0.5, 0.6) is 5.75 Å². The number of nitro benzene ring substituents is 1. The van der Waals surface area contributed by atoms with Crippen LogP contribution < -0.4 is 10.1 Å². The Balaban J connectivity index is 2.76. The van der Waals surface area contributed by atoms with Crippen molar-refractivity contribution >= 4 is 11.4 Å². The fourth-order valence-corrected chi connectivity index (χ4v) is 1.80. The molecule has 0 aromatic heterocycles. The van der Waals surface area contributed by atoms with Crippen molar-refractivity contribution in [1.82, 2.24) is 4.90 Å². The number of para-hydroxylation sites is 1. The molecule has 0 aliphatic heterocycles. The molecule has 0 fully saturated rings. The normalized spacial score (nSPS) is 10.6. The zero-order valence-electron chi connectivity index (χ0n) is 12.4. The van der Waals surface area contributed by atoms with E-state index in [2.05, 4.69) is 10.2 Å². The summed E-state index contributed by atoms with van der Waals surface area (Å²) in [6.07, 6.45) is 1.74. The average Bonchev–Trinajstić information content (AvgIpc) is 2.40. The fourth-order valence-electron chi connectivity index (χ4n) is 1.80. The Kier molecular flexibility index (Phi) is 6.79. The van der Waals surface area contributed by atoms with E-state index in [1.54, 1.807) is 18.2 Å². The second kappa shape index (κ2) is 8.37. The zero-order valence-corrected chi connectivity index (χ0v) is 12.4. The number of hydrogen-bond acceptors (Lipinski definition) is 5. The molecule has 0 atom stereocenters. The van der Waals surface area contributed by atoms with Crippen LogP contribution in [0.3, 0.4) is 0 Å². The van der Waals surface area contributed by atoms with Gasteiger partial charge in [0, 0.05) is 6.54 Å². The molecule has 0 heterocycles. The van der Waals surface area contributed by atoms with Crippen LogP contribution >= 0.6 is 0 Å². The maximum atomic E-state index is 11.2. The van der Waals surface area contributed by atoms with Gasteiger partial charge in [-0.3, -0.25) is 10.1 Å². The number of anilines is 1. The highest BCUT2D eigenvalue weighted by Crippen LogP contribution is 2.34.